The van der Waals surface area contributed by atoms with Crippen LogP contribution in [0.3, 0.4) is 0 Å². The molecule has 1 aliphatic rings. The van der Waals surface area contributed by atoms with Crippen molar-refractivity contribution < 1.29 is 19.3 Å². The molecule has 1 rings (SSSR count). The molecule has 80 valence electrons. The van der Waals surface area contributed by atoms with Gasteiger partial charge in [0.15, 0.2) is 0 Å². The number of urea groups is 2. The van der Waals surface area contributed by atoms with Gasteiger partial charge in [-0.2, -0.15) is 0 Å². The van der Waals surface area contributed by atoms with E-state index in [2.05, 4.69) is 4.84 Å². The maximum absolute atomic E-state index is 11.5. The van der Waals surface area contributed by atoms with Crippen molar-refractivity contribution in [3.8, 4) is 0 Å². The van der Waals surface area contributed by atoms with Gasteiger partial charge in [0, 0.05) is 6.54 Å². The Bertz CT molecular complexity index is 227. The average molecular weight is 221 g/mol. The van der Waals surface area contributed by atoms with Crippen LogP contribution in [0, 0.1) is 0 Å². The van der Waals surface area contributed by atoms with Crippen molar-refractivity contribution in [1.82, 2.24) is 13.8 Å². The molecule has 0 aromatic carbocycles. The summed E-state index contributed by atoms with van der Waals surface area (Å²) in [7, 11) is 2.58. The number of imide groups is 1. The van der Waals surface area contributed by atoms with Gasteiger partial charge in [0.1, 0.15) is 12.1 Å². The summed E-state index contributed by atoms with van der Waals surface area (Å²) in [4.78, 5) is 32.2. The summed E-state index contributed by atoms with van der Waals surface area (Å²) >= 11 is 0.891. The van der Waals surface area contributed by atoms with Crippen LogP contribution in [0.2, 0.25) is 0 Å². The molecule has 0 aromatic rings. The Morgan fingerprint density at radius 1 is 1.21 bits per heavy atom. The highest BCUT2D eigenvalue weighted by Gasteiger charge is 2.39. The molecule has 0 radical (unpaired) electrons. The third kappa shape index (κ3) is 1.76. The van der Waals surface area contributed by atoms with Crippen LogP contribution >= 0.6 is 12.1 Å². The molecule has 7 nitrogen and oxygen atoms in total. The smallest absolute Gasteiger partial charge is 0.264 e. The lowest BCUT2D eigenvalue weighted by Gasteiger charge is -2.35. The monoisotopic (exact) mass is 221 g/mol. The molecule has 1 heterocycles. The second-order valence-electron chi connectivity index (χ2n) is 2.26. The van der Waals surface area contributed by atoms with Crippen LogP contribution in [0.5, 0.6) is 0 Å². The van der Waals surface area contributed by atoms with E-state index in [4.69, 9.17) is 4.84 Å². The predicted octanol–water partition coefficient (Wildman–Crippen LogP) is 0.852. The number of amides is 4. The van der Waals surface area contributed by atoms with E-state index in [0.29, 0.717) is 11.6 Å². The van der Waals surface area contributed by atoms with Crippen LogP contribution in [0.1, 0.15) is 6.92 Å². The second-order valence-corrected chi connectivity index (χ2v) is 3.19. The quantitative estimate of drug-likeness (QED) is 0.661. The summed E-state index contributed by atoms with van der Waals surface area (Å²) in [6, 6.07) is -1.17. The third-order valence-electron chi connectivity index (χ3n) is 1.53. The molecule has 0 saturated carbocycles. The molecule has 1 saturated heterocycles. The molecule has 1 fully saturated rings. The van der Waals surface area contributed by atoms with Crippen molar-refractivity contribution in [2.75, 3.05) is 20.8 Å². The maximum Gasteiger partial charge on any atom is 0.389 e. The first kappa shape index (κ1) is 11.1. The SMILES string of the molecule is CCN1SN(OC)C(=O)N(OC)C1=O. The van der Waals surface area contributed by atoms with Crippen LogP contribution < -0.4 is 0 Å². The van der Waals surface area contributed by atoms with Gasteiger partial charge in [-0.3, -0.25) is 9.68 Å². The number of hydrogen-bond acceptors (Lipinski definition) is 5. The van der Waals surface area contributed by atoms with Gasteiger partial charge < -0.3 is 0 Å². The second kappa shape index (κ2) is 4.49. The van der Waals surface area contributed by atoms with E-state index >= 15 is 0 Å². The molecular formula is C6H11N3O4S. The molecule has 8 heteroatoms. The average Bonchev–Trinajstić information content (AvgIpc) is 2.19. The standard InChI is InChI=1S/C6H11N3O4S/c1-4-7-5(10)8(12-2)6(11)9(13-3)14-7/h4H2,1-3H3. The number of hydrogen-bond donors (Lipinski definition) is 0. The zero-order valence-corrected chi connectivity index (χ0v) is 8.91. The molecule has 0 atom stereocenters. The summed E-state index contributed by atoms with van der Waals surface area (Å²) in [5.41, 5.74) is 0. The fourth-order valence-electron chi connectivity index (χ4n) is 0.877. The molecule has 0 N–H and O–H groups in total. The molecule has 0 bridgehead atoms. The summed E-state index contributed by atoms with van der Waals surface area (Å²) in [6.45, 7) is 2.22. The molecule has 14 heavy (non-hydrogen) atoms. The molecule has 4 amide bonds. The Balaban J connectivity index is 2.83. The summed E-state index contributed by atoms with van der Waals surface area (Å²) in [5, 5.41) is 0.628. The first-order chi connectivity index (χ1) is 6.65. The highest BCUT2D eigenvalue weighted by atomic mass is 32.2. The van der Waals surface area contributed by atoms with Gasteiger partial charge in [0.2, 0.25) is 0 Å². The van der Waals surface area contributed by atoms with Crippen molar-refractivity contribution in [3.63, 3.8) is 0 Å². The van der Waals surface area contributed by atoms with E-state index in [0.717, 1.165) is 16.6 Å². The fourth-order valence-corrected chi connectivity index (χ4v) is 1.53. The van der Waals surface area contributed by atoms with E-state index in [1.807, 2.05) is 0 Å². The van der Waals surface area contributed by atoms with Crippen LogP contribution in [0.15, 0.2) is 0 Å². The van der Waals surface area contributed by atoms with E-state index < -0.39 is 12.1 Å². The minimum absolute atomic E-state index is 0.441. The normalized spacial score (nSPS) is 18.1. The molecule has 0 unspecified atom stereocenters. The van der Waals surface area contributed by atoms with Crippen molar-refractivity contribution in [1.29, 1.82) is 0 Å². The zero-order chi connectivity index (χ0) is 10.7. The Morgan fingerprint density at radius 3 is 2.29 bits per heavy atom. The number of hydroxylamine groups is 3. The van der Waals surface area contributed by atoms with Gasteiger partial charge in [-0.1, -0.05) is 0 Å². The predicted molar refractivity (Wildman–Crippen MR) is 48.5 cm³/mol. The summed E-state index contributed by atoms with van der Waals surface area (Å²) in [6.07, 6.45) is 0. The molecule has 0 aromatic heterocycles. The number of nitrogens with zero attached hydrogens (tertiary/aromatic N) is 3. The Labute approximate surface area is 85.7 Å². The maximum atomic E-state index is 11.5. The van der Waals surface area contributed by atoms with Gasteiger partial charge >= 0.3 is 12.1 Å². The Hall–Kier alpha value is -0.990. The van der Waals surface area contributed by atoms with Gasteiger partial charge in [-0.05, 0) is 6.92 Å². The van der Waals surface area contributed by atoms with Crippen molar-refractivity contribution >= 4 is 24.2 Å². The third-order valence-corrected chi connectivity index (χ3v) is 2.59. The van der Waals surface area contributed by atoms with Crippen molar-refractivity contribution in [2.45, 2.75) is 6.92 Å². The first-order valence-electron chi connectivity index (χ1n) is 3.87. The Kier molecular flexibility index (Phi) is 3.55. The minimum atomic E-state index is -0.658. The van der Waals surface area contributed by atoms with Crippen LogP contribution in [-0.4, -0.2) is 46.7 Å². The van der Waals surface area contributed by atoms with Crippen LogP contribution in [0.25, 0.3) is 0 Å². The largest absolute Gasteiger partial charge is 0.389 e. The van der Waals surface area contributed by atoms with Crippen molar-refractivity contribution in [2.24, 2.45) is 0 Å². The van der Waals surface area contributed by atoms with E-state index in [9.17, 15) is 9.59 Å². The fraction of sp³-hybridized carbons (Fsp3) is 0.667. The molecule has 0 aliphatic carbocycles. The summed E-state index contributed by atoms with van der Waals surface area (Å²) in [5.74, 6) is 0. The molecule has 0 spiro atoms. The Morgan fingerprint density at radius 2 is 1.86 bits per heavy atom. The number of rotatable bonds is 3. The lowest BCUT2D eigenvalue weighted by atomic mass is 10.7. The lowest BCUT2D eigenvalue weighted by molar-refractivity contribution is -0.101. The van der Waals surface area contributed by atoms with Crippen LogP contribution in [-0.2, 0) is 9.68 Å². The minimum Gasteiger partial charge on any atom is -0.264 e. The van der Waals surface area contributed by atoms with E-state index in [1.54, 1.807) is 6.92 Å². The van der Waals surface area contributed by atoms with Gasteiger partial charge in [0.05, 0.1) is 14.2 Å². The first-order valence-corrected chi connectivity index (χ1v) is 4.60. The molecular weight excluding hydrogens is 210 g/mol. The highest BCUT2D eigenvalue weighted by Crippen LogP contribution is 2.25. The van der Waals surface area contributed by atoms with Gasteiger partial charge in [-0.15, -0.1) is 9.53 Å². The number of carbonyl (C=O) groups excluding carboxylic acids is 2. The van der Waals surface area contributed by atoms with E-state index in [1.165, 1.54) is 18.5 Å². The number of carbonyl (C=O) groups is 2. The lowest BCUT2D eigenvalue weighted by Crippen LogP contribution is -2.53. The van der Waals surface area contributed by atoms with E-state index in [-0.39, 0.29) is 0 Å². The van der Waals surface area contributed by atoms with Crippen LogP contribution in [0.4, 0.5) is 9.59 Å². The van der Waals surface area contributed by atoms with Gasteiger partial charge in [-0.25, -0.2) is 13.9 Å². The highest BCUT2D eigenvalue weighted by molar-refractivity contribution is 7.95. The molecule has 1 aliphatic heterocycles. The topological polar surface area (TPSA) is 62.3 Å². The van der Waals surface area contributed by atoms with Crippen molar-refractivity contribution in [3.05, 3.63) is 0 Å². The summed E-state index contributed by atoms with van der Waals surface area (Å²) < 4.78 is 2.28. The zero-order valence-electron chi connectivity index (χ0n) is 8.09. The van der Waals surface area contributed by atoms with Gasteiger partial charge in [0.25, 0.3) is 0 Å².